The van der Waals surface area contributed by atoms with Gasteiger partial charge in [-0.2, -0.15) is 9.67 Å². The van der Waals surface area contributed by atoms with Gasteiger partial charge < -0.3 is 44.7 Å². The molecule has 24 heteroatoms. The van der Waals surface area contributed by atoms with E-state index < -0.39 is 61.4 Å². The Morgan fingerprint density at radius 2 is 2.09 bits per heavy atom. The van der Waals surface area contributed by atoms with E-state index in [0.29, 0.717) is 0 Å². The van der Waals surface area contributed by atoms with Gasteiger partial charge in [0.25, 0.3) is 5.56 Å². The number of aliphatic hydroxyl groups excluding tert-OH is 1. The summed E-state index contributed by atoms with van der Waals surface area (Å²) in [6.45, 7) is -4.42. The van der Waals surface area contributed by atoms with Gasteiger partial charge in [-0.1, -0.05) is 5.21 Å². The standard InChI is InChI=1S/C19H24FN11O7P2S3/c20-9-12(38-39(34)41)7(37-17(9)31-14-10(28-29-31)13(21)23-4-24-14)3-36-40(35,42)8-1-6(2-32)43-18(8)30-5-25-11-15(30)26-19(22)27-16(11)33/h4-9,12,17-18,32,39H,1-3H2,(H,34,41)(H,35,42)(H2,21,23,24)(H3,22,26,27,33)/t6-,7+,8+,9-,12+,17+,18+,40?/m0/s1. The number of aromatic nitrogens is 9. The molecule has 2 saturated heterocycles. The Labute approximate surface area is 255 Å². The molecule has 0 radical (unpaired) electrons. The van der Waals surface area contributed by atoms with E-state index in [1.807, 2.05) is 0 Å². The van der Waals surface area contributed by atoms with Gasteiger partial charge in [0.05, 0.1) is 30.6 Å². The number of fused-ring (bicyclic) bond motifs is 2. The molecule has 43 heavy (non-hydrogen) atoms. The highest BCUT2D eigenvalue weighted by Crippen LogP contribution is 2.62. The van der Waals surface area contributed by atoms with Gasteiger partial charge in [0, 0.05) is 5.25 Å². The molecule has 6 rings (SSSR count). The number of nitrogens with two attached hydrogens (primary N) is 2. The zero-order chi connectivity index (χ0) is 30.6. The van der Waals surface area contributed by atoms with Crippen LogP contribution in [-0.2, 0) is 37.4 Å². The number of nitrogen functional groups attached to an aromatic ring is 2. The number of nitrogens with zero attached hydrogens (tertiary/aromatic N) is 8. The van der Waals surface area contributed by atoms with Crippen LogP contribution in [0.2, 0.25) is 0 Å². The highest BCUT2D eigenvalue weighted by molar-refractivity contribution is 8.10. The molecule has 2 fully saturated rings. The second-order valence-electron chi connectivity index (χ2n) is 9.59. The third kappa shape index (κ3) is 5.70. The van der Waals surface area contributed by atoms with Crippen molar-refractivity contribution in [1.82, 2.24) is 44.5 Å². The maximum atomic E-state index is 15.8. The van der Waals surface area contributed by atoms with Crippen LogP contribution in [0.4, 0.5) is 16.2 Å². The zero-order valence-electron chi connectivity index (χ0n) is 21.6. The predicted octanol–water partition coefficient (Wildman–Crippen LogP) is -0.679. The molecular weight excluding hydrogens is 671 g/mol. The molecule has 0 bridgehead atoms. The Bertz CT molecular complexity index is 1810. The Balaban J connectivity index is 1.26. The summed E-state index contributed by atoms with van der Waals surface area (Å²) in [7, 11) is -2.82. The minimum absolute atomic E-state index is 0.0306. The first kappa shape index (κ1) is 30.8. The van der Waals surface area contributed by atoms with Crippen LogP contribution in [0.5, 0.6) is 0 Å². The molecule has 18 nitrogen and oxygen atoms in total. The van der Waals surface area contributed by atoms with E-state index in [1.54, 1.807) is 4.57 Å². The van der Waals surface area contributed by atoms with E-state index in [0.717, 1.165) is 11.0 Å². The number of thioether (sulfide) groups is 1. The van der Waals surface area contributed by atoms with Gasteiger partial charge in [0.2, 0.25) is 5.95 Å². The van der Waals surface area contributed by atoms with Crippen LogP contribution in [-0.4, -0.2) is 102 Å². The van der Waals surface area contributed by atoms with E-state index >= 15 is 4.39 Å². The van der Waals surface area contributed by atoms with E-state index in [2.05, 4.69) is 35.2 Å². The molecule has 0 aromatic carbocycles. The van der Waals surface area contributed by atoms with E-state index in [9.17, 15) is 19.7 Å². The number of nitrogens with one attached hydrogen (secondary N) is 1. The number of aliphatic hydroxyl groups is 1. The van der Waals surface area contributed by atoms with Crippen molar-refractivity contribution in [3.8, 4) is 0 Å². The van der Waals surface area contributed by atoms with Crippen molar-refractivity contribution in [3.63, 3.8) is 0 Å². The Morgan fingerprint density at radius 3 is 2.84 bits per heavy atom. The van der Waals surface area contributed by atoms with E-state index in [-0.39, 0.29) is 52.4 Å². The molecule has 0 amide bonds. The van der Waals surface area contributed by atoms with Crippen LogP contribution >= 0.6 is 25.4 Å². The molecule has 4 aromatic rings. The molecule has 6 heterocycles. The van der Waals surface area contributed by atoms with Crippen molar-refractivity contribution >= 4 is 83.1 Å². The van der Waals surface area contributed by atoms with Crippen molar-refractivity contribution in [3.05, 3.63) is 23.0 Å². The highest BCUT2D eigenvalue weighted by Gasteiger charge is 2.51. The monoisotopic (exact) mass is 695 g/mol. The summed E-state index contributed by atoms with van der Waals surface area (Å²) in [5, 5.41) is 16.7. The molecule has 9 atom stereocenters. The van der Waals surface area contributed by atoms with Gasteiger partial charge in [-0.3, -0.25) is 9.78 Å². The lowest BCUT2D eigenvalue weighted by molar-refractivity contribution is -0.0447. The van der Waals surface area contributed by atoms with Crippen LogP contribution in [0.3, 0.4) is 0 Å². The SMILES string of the molecule is Nc1nc2c(ncn2[C@@H]2S[C@H](CO)C[C@H]2P(O)(=S)OC[C@H]2O[C@@H](n3nnc4c(N)ncnc43)[C@@H](F)[C@@H]2O[PH](O)=S)c(=O)[nH]1. The second kappa shape index (κ2) is 11.9. The third-order valence-electron chi connectivity index (χ3n) is 6.97. The van der Waals surface area contributed by atoms with Crippen LogP contribution < -0.4 is 17.0 Å². The summed E-state index contributed by atoms with van der Waals surface area (Å²) < 4.78 is 35.5. The molecule has 8 N–H and O–H groups in total. The molecule has 2 aliphatic rings. The first-order valence-electron chi connectivity index (χ1n) is 12.4. The lowest BCUT2D eigenvalue weighted by Gasteiger charge is -2.29. The van der Waals surface area contributed by atoms with Crippen molar-refractivity contribution in [2.45, 2.75) is 47.3 Å². The first-order chi connectivity index (χ1) is 20.5. The molecule has 0 spiro atoms. The molecule has 2 unspecified atom stereocenters. The number of H-pyrrole nitrogens is 1. The number of anilines is 2. The predicted molar refractivity (Wildman–Crippen MR) is 160 cm³/mol. The van der Waals surface area contributed by atoms with Crippen LogP contribution in [0, 0.1) is 0 Å². The molecule has 232 valence electrons. The van der Waals surface area contributed by atoms with Gasteiger partial charge in [-0.05, 0) is 30.0 Å². The molecule has 4 aromatic heterocycles. The fraction of sp³-hybridized carbons (Fsp3) is 0.526. The minimum Gasteiger partial charge on any atom is -0.395 e. The average Bonchev–Trinajstić information content (AvgIpc) is 3.73. The zero-order valence-corrected chi connectivity index (χ0v) is 25.9. The molecule has 2 aliphatic heterocycles. The number of hydrogen-bond donors (Lipinski definition) is 6. The van der Waals surface area contributed by atoms with Crippen molar-refractivity contribution in [2.75, 3.05) is 24.7 Å². The van der Waals surface area contributed by atoms with Crippen LogP contribution in [0.15, 0.2) is 17.4 Å². The van der Waals surface area contributed by atoms with E-state index in [4.69, 9.17) is 48.9 Å². The largest absolute Gasteiger partial charge is 0.395 e. The van der Waals surface area contributed by atoms with E-state index in [1.165, 1.54) is 18.1 Å². The number of halogens is 1. The Morgan fingerprint density at radius 1 is 1.30 bits per heavy atom. The fourth-order valence-corrected chi connectivity index (χ4v) is 10.7. The van der Waals surface area contributed by atoms with Crippen LogP contribution in [0.1, 0.15) is 18.0 Å². The summed E-state index contributed by atoms with van der Waals surface area (Å²) in [6.07, 6.45) is -3.16. The van der Waals surface area contributed by atoms with Gasteiger partial charge in [0.15, 0.2) is 54.2 Å². The van der Waals surface area contributed by atoms with Crippen molar-refractivity contribution in [2.24, 2.45) is 0 Å². The van der Waals surface area contributed by atoms with Crippen molar-refractivity contribution < 1.29 is 33.1 Å². The summed E-state index contributed by atoms with van der Waals surface area (Å²) in [4.78, 5) is 52.3. The van der Waals surface area contributed by atoms with Gasteiger partial charge in [0.1, 0.15) is 18.5 Å². The maximum absolute atomic E-state index is 15.8. The molecule has 0 aliphatic carbocycles. The number of ether oxygens (including phenoxy) is 1. The molecule has 0 saturated carbocycles. The lowest BCUT2D eigenvalue weighted by atomic mass is 10.1. The first-order valence-corrected chi connectivity index (χ1v) is 18.6. The van der Waals surface area contributed by atoms with Gasteiger partial charge in [-0.25, -0.2) is 19.3 Å². The van der Waals surface area contributed by atoms with Crippen molar-refractivity contribution in [1.29, 1.82) is 0 Å². The maximum Gasteiger partial charge on any atom is 0.280 e. The highest BCUT2D eigenvalue weighted by atomic mass is 32.5. The second-order valence-corrected chi connectivity index (χ2v) is 16.4. The number of alkyl halides is 1. The topological polar surface area (TPSA) is 260 Å². The minimum atomic E-state index is -3.75. The molecular formula is C19H24FN11O7P2S3. The number of aromatic amines is 1. The Hall–Kier alpha value is -2.23. The van der Waals surface area contributed by atoms with Gasteiger partial charge >= 0.3 is 0 Å². The summed E-state index contributed by atoms with van der Waals surface area (Å²) in [5.41, 5.74) is 10.7. The number of imidazole rings is 1. The summed E-state index contributed by atoms with van der Waals surface area (Å²) in [5.74, 6) is -0.0964. The van der Waals surface area contributed by atoms with Gasteiger partial charge in [-0.15, -0.1) is 16.9 Å². The number of hydrogen-bond acceptors (Lipinski definition) is 16. The number of rotatable bonds is 9. The average molecular weight is 696 g/mol. The smallest absolute Gasteiger partial charge is 0.280 e. The fourth-order valence-electron chi connectivity index (χ4n) is 5.03. The lowest BCUT2D eigenvalue weighted by Crippen LogP contribution is -2.33. The quantitative estimate of drug-likeness (QED) is 0.119. The summed E-state index contributed by atoms with van der Waals surface area (Å²) >= 11 is 11.7. The third-order valence-corrected chi connectivity index (χ3v) is 12.5. The summed E-state index contributed by atoms with van der Waals surface area (Å²) in [6, 6.07) is 0. The van der Waals surface area contributed by atoms with Crippen LogP contribution in [0.25, 0.3) is 22.3 Å². The normalized spacial score (nSPS) is 29.8. The Kier molecular flexibility index (Phi) is 8.54.